The van der Waals surface area contributed by atoms with Crippen molar-refractivity contribution in [2.75, 3.05) is 6.54 Å². The first-order chi connectivity index (χ1) is 10.1. The van der Waals surface area contributed by atoms with Crippen LogP contribution in [0, 0.1) is 5.92 Å². The summed E-state index contributed by atoms with van der Waals surface area (Å²) in [4.78, 5) is 13.7. The number of nitrogens with zero attached hydrogens (tertiary/aromatic N) is 3. The number of carboxylic acid groups (broad SMARTS) is 1. The maximum absolute atomic E-state index is 11.6. The molecule has 0 amide bonds. The van der Waals surface area contributed by atoms with Gasteiger partial charge in [0, 0.05) is 13.1 Å². The Morgan fingerprint density at radius 3 is 2.76 bits per heavy atom. The van der Waals surface area contributed by atoms with Gasteiger partial charge >= 0.3 is 5.97 Å². The second-order valence-electron chi connectivity index (χ2n) is 5.92. The Labute approximate surface area is 126 Å². The molecule has 1 aromatic rings. The Morgan fingerprint density at radius 1 is 1.43 bits per heavy atom. The standard InChI is InChI=1S/C16H27N3O2/c1-4-12-7-8-18(15(9-12)16(20)21)11-14-10-13(5-2)17-19(14)6-3/h10,12,15H,4-9,11H2,1-3H3,(H,20,21). The van der Waals surface area contributed by atoms with Crippen LogP contribution >= 0.6 is 0 Å². The van der Waals surface area contributed by atoms with E-state index in [4.69, 9.17) is 0 Å². The molecule has 1 aromatic heterocycles. The highest BCUT2D eigenvalue weighted by atomic mass is 16.4. The monoisotopic (exact) mass is 293 g/mol. The topological polar surface area (TPSA) is 58.4 Å². The third-order valence-corrected chi connectivity index (χ3v) is 4.63. The van der Waals surface area contributed by atoms with Crippen molar-refractivity contribution in [3.63, 3.8) is 0 Å². The Balaban J connectivity index is 2.13. The van der Waals surface area contributed by atoms with Crippen LogP contribution in [0.3, 0.4) is 0 Å². The third kappa shape index (κ3) is 3.64. The normalized spacial score (nSPS) is 23.4. The van der Waals surface area contributed by atoms with E-state index in [0.29, 0.717) is 12.5 Å². The maximum atomic E-state index is 11.6. The molecule has 0 aliphatic carbocycles. The van der Waals surface area contributed by atoms with E-state index in [-0.39, 0.29) is 6.04 Å². The van der Waals surface area contributed by atoms with Crippen molar-refractivity contribution < 1.29 is 9.90 Å². The van der Waals surface area contributed by atoms with Gasteiger partial charge in [0.1, 0.15) is 6.04 Å². The van der Waals surface area contributed by atoms with Gasteiger partial charge in [-0.1, -0.05) is 20.3 Å². The minimum atomic E-state index is -0.688. The fraction of sp³-hybridized carbons (Fsp3) is 0.750. The molecule has 1 saturated heterocycles. The van der Waals surface area contributed by atoms with Gasteiger partial charge in [-0.25, -0.2) is 0 Å². The lowest BCUT2D eigenvalue weighted by Gasteiger charge is -2.36. The molecule has 0 aromatic carbocycles. The van der Waals surface area contributed by atoms with Crippen molar-refractivity contribution >= 4 is 5.97 Å². The summed E-state index contributed by atoms with van der Waals surface area (Å²) in [5.74, 6) is -0.143. The van der Waals surface area contributed by atoms with Gasteiger partial charge in [-0.3, -0.25) is 14.4 Å². The largest absolute Gasteiger partial charge is 0.480 e. The molecule has 5 nitrogen and oxygen atoms in total. The third-order valence-electron chi connectivity index (χ3n) is 4.63. The molecule has 1 fully saturated rings. The van der Waals surface area contributed by atoms with Gasteiger partial charge in [-0.2, -0.15) is 5.10 Å². The summed E-state index contributed by atoms with van der Waals surface area (Å²) in [5.41, 5.74) is 2.22. The van der Waals surface area contributed by atoms with Crippen LogP contribution in [0.1, 0.15) is 51.4 Å². The summed E-state index contributed by atoms with van der Waals surface area (Å²) >= 11 is 0. The Kier molecular flexibility index (Phi) is 5.39. The first-order valence-corrected chi connectivity index (χ1v) is 8.11. The zero-order chi connectivity index (χ0) is 15.4. The number of hydrogen-bond donors (Lipinski definition) is 1. The molecule has 1 N–H and O–H groups in total. The molecular weight excluding hydrogens is 266 g/mol. The van der Waals surface area contributed by atoms with Crippen LogP contribution in [0.5, 0.6) is 0 Å². The highest BCUT2D eigenvalue weighted by Gasteiger charge is 2.33. The van der Waals surface area contributed by atoms with Crippen molar-refractivity contribution in [2.24, 2.45) is 5.92 Å². The number of aryl methyl sites for hydroxylation is 2. The van der Waals surface area contributed by atoms with E-state index in [1.165, 1.54) is 0 Å². The van der Waals surface area contributed by atoms with Crippen LogP contribution in [0.2, 0.25) is 0 Å². The van der Waals surface area contributed by atoms with Crippen LogP contribution in [0.25, 0.3) is 0 Å². The first-order valence-electron chi connectivity index (χ1n) is 8.11. The van der Waals surface area contributed by atoms with E-state index in [9.17, 15) is 9.90 Å². The fourth-order valence-electron chi connectivity index (χ4n) is 3.20. The molecule has 0 radical (unpaired) electrons. The van der Waals surface area contributed by atoms with Gasteiger partial charge in [0.25, 0.3) is 0 Å². The van der Waals surface area contributed by atoms with Gasteiger partial charge < -0.3 is 5.11 Å². The zero-order valence-corrected chi connectivity index (χ0v) is 13.4. The molecule has 0 bridgehead atoms. The predicted molar refractivity (Wildman–Crippen MR) is 82.1 cm³/mol. The maximum Gasteiger partial charge on any atom is 0.320 e. The lowest BCUT2D eigenvalue weighted by Crippen LogP contribution is -2.46. The number of aliphatic carboxylic acids is 1. The smallest absolute Gasteiger partial charge is 0.320 e. The van der Waals surface area contributed by atoms with Crippen LogP contribution in [0.4, 0.5) is 0 Å². The predicted octanol–water partition coefficient (Wildman–Crippen LogP) is 2.54. The van der Waals surface area contributed by atoms with Crippen molar-refractivity contribution in [3.8, 4) is 0 Å². The Hall–Kier alpha value is -1.36. The first kappa shape index (κ1) is 16.0. The molecular formula is C16H27N3O2. The van der Waals surface area contributed by atoms with E-state index < -0.39 is 5.97 Å². The molecule has 5 heteroatoms. The molecule has 0 saturated carbocycles. The number of rotatable bonds is 6. The average Bonchev–Trinajstić information content (AvgIpc) is 2.89. The van der Waals surface area contributed by atoms with E-state index in [2.05, 4.69) is 36.8 Å². The number of aromatic nitrogens is 2. The molecule has 1 aliphatic heterocycles. The summed E-state index contributed by atoms with van der Waals surface area (Å²) in [6.07, 6.45) is 3.86. The minimum absolute atomic E-state index is 0.353. The Morgan fingerprint density at radius 2 is 2.19 bits per heavy atom. The van der Waals surface area contributed by atoms with Crippen molar-refractivity contribution in [1.29, 1.82) is 0 Å². The van der Waals surface area contributed by atoms with Crippen LogP contribution in [-0.2, 0) is 24.3 Å². The molecule has 0 spiro atoms. The summed E-state index contributed by atoms with van der Waals surface area (Å²) < 4.78 is 2.00. The lowest BCUT2D eigenvalue weighted by atomic mass is 9.89. The van der Waals surface area contributed by atoms with Crippen molar-refractivity contribution in [2.45, 2.75) is 65.6 Å². The highest BCUT2D eigenvalue weighted by Crippen LogP contribution is 2.27. The minimum Gasteiger partial charge on any atom is -0.480 e. The van der Waals surface area contributed by atoms with Gasteiger partial charge in [-0.15, -0.1) is 0 Å². The van der Waals surface area contributed by atoms with Gasteiger partial charge in [0.2, 0.25) is 0 Å². The quantitative estimate of drug-likeness (QED) is 0.875. The summed E-state index contributed by atoms with van der Waals surface area (Å²) in [7, 11) is 0. The number of hydrogen-bond acceptors (Lipinski definition) is 3. The summed E-state index contributed by atoms with van der Waals surface area (Å²) in [6.45, 7) is 8.71. The van der Waals surface area contributed by atoms with Gasteiger partial charge in [0.05, 0.1) is 11.4 Å². The van der Waals surface area contributed by atoms with Crippen molar-refractivity contribution in [3.05, 3.63) is 17.5 Å². The van der Waals surface area contributed by atoms with E-state index >= 15 is 0 Å². The average molecular weight is 293 g/mol. The molecule has 21 heavy (non-hydrogen) atoms. The summed E-state index contributed by atoms with van der Waals surface area (Å²) in [6, 6.07) is 1.77. The van der Waals surface area contributed by atoms with Crippen LogP contribution in [0.15, 0.2) is 6.07 Å². The second kappa shape index (κ2) is 7.07. The molecule has 118 valence electrons. The second-order valence-corrected chi connectivity index (χ2v) is 5.92. The number of carbonyl (C=O) groups is 1. The highest BCUT2D eigenvalue weighted by molar-refractivity contribution is 5.73. The molecule has 2 rings (SSSR count). The SMILES string of the molecule is CCc1cc(CN2CCC(CC)CC2C(=O)O)n(CC)n1. The Bertz CT molecular complexity index is 484. The summed E-state index contributed by atoms with van der Waals surface area (Å²) in [5, 5.41) is 14.1. The lowest BCUT2D eigenvalue weighted by molar-refractivity contribution is -0.145. The number of piperidine rings is 1. The van der Waals surface area contributed by atoms with E-state index in [1.807, 2.05) is 4.68 Å². The number of likely N-dealkylation sites (tertiary alicyclic amines) is 1. The van der Waals surface area contributed by atoms with Crippen molar-refractivity contribution in [1.82, 2.24) is 14.7 Å². The molecule has 1 aliphatic rings. The molecule has 2 unspecified atom stereocenters. The zero-order valence-electron chi connectivity index (χ0n) is 13.4. The van der Waals surface area contributed by atoms with Crippen LogP contribution in [-0.4, -0.2) is 38.3 Å². The van der Waals surface area contributed by atoms with E-state index in [1.54, 1.807) is 0 Å². The number of carboxylic acids is 1. The van der Waals surface area contributed by atoms with Gasteiger partial charge in [-0.05, 0) is 44.7 Å². The molecule has 2 heterocycles. The van der Waals surface area contributed by atoms with E-state index in [0.717, 1.165) is 50.2 Å². The van der Waals surface area contributed by atoms with Crippen LogP contribution < -0.4 is 0 Å². The molecule has 2 atom stereocenters. The fourth-order valence-corrected chi connectivity index (χ4v) is 3.20. The van der Waals surface area contributed by atoms with Gasteiger partial charge in [0.15, 0.2) is 0 Å².